The van der Waals surface area contributed by atoms with Crippen molar-refractivity contribution in [3.05, 3.63) is 34.5 Å². The molecule has 2 aromatic rings. The molecule has 0 aliphatic heterocycles. The van der Waals surface area contributed by atoms with Crippen LogP contribution in [0.25, 0.3) is 0 Å². The SMILES string of the molecule is CCCc1c(Cl)ncnc1NCc1cn[nH]c1C. The molecule has 18 heavy (non-hydrogen) atoms. The Hall–Kier alpha value is -1.62. The van der Waals surface area contributed by atoms with Crippen molar-refractivity contribution >= 4 is 17.4 Å². The highest BCUT2D eigenvalue weighted by molar-refractivity contribution is 6.30. The van der Waals surface area contributed by atoms with Crippen LogP contribution < -0.4 is 5.32 Å². The van der Waals surface area contributed by atoms with E-state index in [9.17, 15) is 0 Å². The fraction of sp³-hybridized carbons (Fsp3) is 0.417. The molecule has 0 bridgehead atoms. The number of halogens is 1. The standard InChI is InChI=1S/C12H16ClN5/c1-3-4-10-11(13)15-7-16-12(10)14-5-9-6-17-18-8(9)2/h6-7H,3-5H2,1-2H3,(H,17,18)(H,14,15,16). The summed E-state index contributed by atoms with van der Waals surface area (Å²) >= 11 is 6.09. The second-order valence-corrected chi connectivity index (χ2v) is 4.47. The summed E-state index contributed by atoms with van der Waals surface area (Å²) in [5.41, 5.74) is 3.15. The van der Waals surface area contributed by atoms with Gasteiger partial charge in [-0.3, -0.25) is 5.10 Å². The number of hydrogen-bond acceptors (Lipinski definition) is 4. The maximum Gasteiger partial charge on any atom is 0.137 e. The summed E-state index contributed by atoms with van der Waals surface area (Å²) in [5.74, 6) is 0.803. The number of rotatable bonds is 5. The van der Waals surface area contributed by atoms with E-state index < -0.39 is 0 Å². The molecule has 0 aromatic carbocycles. The van der Waals surface area contributed by atoms with Crippen LogP contribution in [0.15, 0.2) is 12.5 Å². The lowest BCUT2D eigenvalue weighted by atomic mass is 10.2. The van der Waals surface area contributed by atoms with Crippen molar-refractivity contribution < 1.29 is 0 Å². The number of aryl methyl sites for hydroxylation is 1. The van der Waals surface area contributed by atoms with E-state index >= 15 is 0 Å². The number of H-pyrrole nitrogens is 1. The highest BCUT2D eigenvalue weighted by Crippen LogP contribution is 2.22. The van der Waals surface area contributed by atoms with Crippen LogP contribution in [-0.2, 0) is 13.0 Å². The van der Waals surface area contributed by atoms with Crippen LogP contribution in [0, 0.1) is 6.92 Å². The van der Waals surface area contributed by atoms with Gasteiger partial charge in [0.1, 0.15) is 17.3 Å². The van der Waals surface area contributed by atoms with E-state index in [2.05, 4.69) is 32.4 Å². The van der Waals surface area contributed by atoms with Crippen molar-refractivity contribution in [3.8, 4) is 0 Å². The maximum absolute atomic E-state index is 6.09. The average Bonchev–Trinajstić information content (AvgIpc) is 2.76. The van der Waals surface area contributed by atoms with Crippen molar-refractivity contribution in [2.24, 2.45) is 0 Å². The minimum absolute atomic E-state index is 0.526. The van der Waals surface area contributed by atoms with E-state index in [4.69, 9.17) is 11.6 Å². The summed E-state index contributed by atoms with van der Waals surface area (Å²) in [6.45, 7) is 4.77. The van der Waals surface area contributed by atoms with Gasteiger partial charge < -0.3 is 5.32 Å². The lowest BCUT2D eigenvalue weighted by Crippen LogP contribution is -2.06. The van der Waals surface area contributed by atoms with E-state index in [-0.39, 0.29) is 0 Å². The molecule has 0 atom stereocenters. The number of aromatic nitrogens is 4. The lowest BCUT2D eigenvalue weighted by molar-refractivity contribution is 0.896. The van der Waals surface area contributed by atoms with E-state index in [1.807, 2.05) is 13.1 Å². The van der Waals surface area contributed by atoms with Gasteiger partial charge >= 0.3 is 0 Å². The zero-order valence-corrected chi connectivity index (χ0v) is 11.3. The lowest BCUT2D eigenvalue weighted by Gasteiger charge is -2.10. The van der Waals surface area contributed by atoms with Gasteiger partial charge in [0, 0.05) is 23.4 Å². The number of anilines is 1. The number of nitrogens with one attached hydrogen (secondary N) is 2. The van der Waals surface area contributed by atoms with Gasteiger partial charge in [0.25, 0.3) is 0 Å². The van der Waals surface area contributed by atoms with Gasteiger partial charge in [-0.2, -0.15) is 5.10 Å². The summed E-state index contributed by atoms with van der Waals surface area (Å²) in [6, 6.07) is 0. The van der Waals surface area contributed by atoms with Gasteiger partial charge in [0.05, 0.1) is 6.20 Å². The minimum Gasteiger partial charge on any atom is -0.365 e. The molecule has 0 amide bonds. The Bertz CT molecular complexity index is 523. The van der Waals surface area contributed by atoms with Crippen LogP contribution in [0.2, 0.25) is 5.15 Å². The summed E-state index contributed by atoms with van der Waals surface area (Å²) in [5, 5.41) is 10.7. The number of hydrogen-bond donors (Lipinski definition) is 2. The Labute approximate surface area is 111 Å². The molecule has 2 N–H and O–H groups in total. The van der Waals surface area contributed by atoms with Gasteiger partial charge in [-0.25, -0.2) is 9.97 Å². The third kappa shape index (κ3) is 2.79. The molecular formula is C12H16ClN5. The Morgan fingerprint density at radius 1 is 1.39 bits per heavy atom. The topological polar surface area (TPSA) is 66.5 Å². The largest absolute Gasteiger partial charge is 0.365 e. The van der Waals surface area contributed by atoms with Crippen molar-refractivity contribution in [1.82, 2.24) is 20.2 Å². The van der Waals surface area contributed by atoms with Crippen LogP contribution in [0.3, 0.4) is 0 Å². The third-order valence-electron chi connectivity index (χ3n) is 2.77. The number of nitrogens with zero attached hydrogens (tertiary/aromatic N) is 3. The van der Waals surface area contributed by atoms with Crippen LogP contribution >= 0.6 is 11.6 Å². The fourth-order valence-electron chi connectivity index (χ4n) is 1.75. The Morgan fingerprint density at radius 3 is 2.89 bits per heavy atom. The molecule has 0 saturated heterocycles. The zero-order chi connectivity index (χ0) is 13.0. The summed E-state index contributed by atoms with van der Waals surface area (Å²) in [7, 11) is 0. The smallest absolute Gasteiger partial charge is 0.137 e. The van der Waals surface area contributed by atoms with Crippen LogP contribution in [0.5, 0.6) is 0 Å². The van der Waals surface area contributed by atoms with E-state index in [1.165, 1.54) is 6.33 Å². The third-order valence-corrected chi connectivity index (χ3v) is 3.10. The summed E-state index contributed by atoms with van der Waals surface area (Å²) in [4.78, 5) is 8.27. The molecule has 2 rings (SSSR count). The van der Waals surface area contributed by atoms with Crippen molar-refractivity contribution in [2.45, 2.75) is 33.2 Å². The van der Waals surface area contributed by atoms with Crippen LogP contribution in [0.1, 0.15) is 30.2 Å². The second-order valence-electron chi connectivity index (χ2n) is 4.12. The summed E-state index contributed by atoms with van der Waals surface area (Å²) in [6.07, 6.45) is 5.16. The van der Waals surface area contributed by atoms with Gasteiger partial charge in [-0.1, -0.05) is 24.9 Å². The molecule has 0 fully saturated rings. The van der Waals surface area contributed by atoms with E-state index in [0.29, 0.717) is 11.7 Å². The van der Waals surface area contributed by atoms with Crippen LogP contribution in [-0.4, -0.2) is 20.2 Å². The van der Waals surface area contributed by atoms with Gasteiger partial charge in [-0.15, -0.1) is 0 Å². The van der Waals surface area contributed by atoms with E-state index in [0.717, 1.165) is 35.5 Å². The first-order valence-electron chi connectivity index (χ1n) is 5.94. The Balaban J connectivity index is 2.14. The molecule has 0 spiro atoms. The van der Waals surface area contributed by atoms with Crippen molar-refractivity contribution in [1.29, 1.82) is 0 Å². The monoisotopic (exact) mass is 265 g/mol. The quantitative estimate of drug-likeness (QED) is 0.816. The predicted molar refractivity (Wildman–Crippen MR) is 71.7 cm³/mol. The molecule has 6 heteroatoms. The van der Waals surface area contributed by atoms with Gasteiger partial charge in [0.15, 0.2) is 0 Å². The average molecular weight is 266 g/mol. The Morgan fingerprint density at radius 2 is 2.22 bits per heavy atom. The fourth-order valence-corrected chi connectivity index (χ4v) is 1.98. The molecule has 0 radical (unpaired) electrons. The summed E-state index contributed by atoms with van der Waals surface area (Å²) < 4.78 is 0. The molecule has 2 aromatic heterocycles. The first-order chi connectivity index (χ1) is 8.72. The van der Waals surface area contributed by atoms with Crippen LogP contribution in [0.4, 0.5) is 5.82 Å². The normalized spacial score (nSPS) is 10.6. The molecule has 0 aliphatic rings. The molecule has 0 unspecified atom stereocenters. The first-order valence-corrected chi connectivity index (χ1v) is 6.32. The van der Waals surface area contributed by atoms with E-state index in [1.54, 1.807) is 0 Å². The second kappa shape index (κ2) is 5.82. The molecule has 5 nitrogen and oxygen atoms in total. The van der Waals surface area contributed by atoms with Gasteiger partial charge in [-0.05, 0) is 13.3 Å². The number of aromatic amines is 1. The minimum atomic E-state index is 0.526. The first kappa shape index (κ1) is 12.8. The Kier molecular flexibility index (Phi) is 4.15. The molecule has 96 valence electrons. The molecular weight excluding hydrogens is 250 g/mol. The van der Waals surface area contributed by atoms with Crippen molar-refractivity contribution in [2.75, 3.05) is 5.32 Å². The molecule has 0 aliphatic carbocycles. The van der Waals surface area contributed by atoms with Crippen molar-refractivity contribution in [3.63, 3.8) is 0 Å². The highest BCUT2D eigenvalue weighted by Gasteiger charge is 2.09. The molecule has 0 saturated carbocycles. The molecule has 2 heterocycles. The predicted octanol–water partition coefficient (Wildman–Crippen LogP) is 2.73. The zero-order valence-electron chi connectivity index (χ0n) is 10.5. The maximum atomic E-state index is 6.09. The highest BCUT2D eigenvalue weighted by atomic mass is 35.5. The van der Waals surface area contributed by atoms with Gasteiger partial charge in [0.2, 0.25) is 0 Å².